The largest absolute Gasteiger partial charge is 0.357 e. The number of benzene rings is 2. The van der Waals surface area contributed by atoms with Crippen molar-refractivity contribution in [3.63, 3.8) is 0 Å². The molecule has 2 N–H and O–H groups in total. The van der Waals surface area contributed by atoms with Crippen LogP contribution in [-0.4, -0.2) is 95.6 Å². The summed E-state index contributed by atoms with van der Waals surface area (Å²) in [5, 5.41) is 9.71. The van der Waals surface area contributed by atoms with Crippen LogP contribution in [0.4, 0.5) is 0 Å². The number of rotatable bonds is 11. The number of likely N-dealkylation sites (tertiary alicyclic amines) is 2. The van der Waals surface area contributed by atoms with Crippen LogP contribution in [0, 0.1) is 22.7 Å². The van der Waals surface area contributed by atoms with E-state index in [9.17, 15) is 27.6 Å². The molecule has 50 heavy (non-hydrogen) atoms. The van der Waals surface area contributed by atoms with Gasteiger partial charge < -0.3 is 20.4 Å². The van der Waals surface area contributed by atoms with Gasteiger partial charge in [-0.3, -0.25) is 23.9 Å². The van der Waals surface area contributed by atoms with Crippen LogP contribution in [0.1, 0.15) is 55.6 Å². The molecule has 266 valence electrons. The predicted molar refractivity (Wildman–Crippen MR) is 187 cm³/mol. The van der Waals surface area contributed by atoms with Gasteiger partial charge in [-0.25, -0.2) is 8.42 Å². The molecule has 2 aliphatic heterocycles. The van der Waals surface area contributed by atoms with Crippen molar-refractivity contribution in [2.24, 2.45) is 22.7 Å². The zero-order valence-electron chi connectivity index (χ0n) is 29.3. The molecule has 0 radical (unpaired) electrons. The van der Waals surface area contributed by atoms with Crippen LogP contribution < -0.4 is 10.6 Å². The first kappa shape index (κ1) is 35.3. The van der Waals surface area contributed by atoms with Crippen LogP contribution >= 0.6 is 0 Å². The highest BCUT2D eigenvalue weighted by atomic mass is 32.2. The number of hydrogen-bond donors (Lipinski definition) is 2. The van der Waals surface area contributed by atoms with Gasteiger partial charge in [-0.1, -0.05) is 74.5 Å². The first-order valence-electron chi connectivity index (χ1n) is 17.0. The zero-order valence-corrected chi connectivity index (χ0v) is 30.1. The van der Waals surface area contributed by atoms with Gasteiger partial charge in [-0.05, 0) is 36.8 Å². The number of sulfone groups is 1. The quantitative estimate of drug-likeness (QED) is 0.312. The fourth-order valence-electron chi connectivity index (χ4n) is 7.40. The molecular formula is C37H46N6O6S. The molecule has 6 rings (SSSR count). The van der Waals surface area contributed by atoms with Crippen molar-refractivity contribution in [3.8, 4) is 0 Å². The lowest BCUT2D eigenvalue weighted by atomic mass is 9.70. The molecule has 1 aromatic heterocycles. The highest BCUT2D eigenvalue weighted by Crippen LogP contribution is 2.54. The number of aromatic nitrogens is 2. The van der Waals surface area contributed by atoms with Crippen LogP contribution in [0.2, 0.25) is 0 Å². The Morgan fingerprint density at radius 2 is 1.50 bits per heavy atom. The SMILES string of the molecule is CNC(=O)[C@@H](NC(=O)[C@@H]1CN(C(=O)c2cnn(Cc3ccccc3)c2)CC12CN(C(=O)[C@H]1CC1(C)C)C2)C(C)(C)S(=O)(=O)Cc1ccccc1. The van der Waals surface area contributed by atoms with E-state index in [1.165, 1.54) is 27.1 Å². The number of amides is 4. The van der Waals surface area contributed by atoms with Gasteiger partial charge in [-0.15, -0.1) is 0 Å². The Labute approximate surface area is 293 Å². The number of likely N-dealkylation sites (N-methyl/N-ethyl adjacent to an activating group) is 1. The highest BCUT2D eigenvalue weighted by molar-refractivity contribution is 7.92. The molecule has 12 nitrogen and oxygen atoms in total. The summed E-state index contributed by atoms with van der Waals surface area (Å²) < 4.78 is 27.6. The first-order chi connectivity index (χ1) is 23.6. The van der Waals surface area contributed by atoms with Gasteiger partial charge in [0.2, 0.25) is 17.7 Å². The zero-order chi connectivity index (χ0) is 36.1. The number of carbonyl (C=O) groups excluding carboxylic acids is 4. The molecule has 1 saturated carbocycles. The van der Waals surface area contributed by atoms with E-state index in [0.717, 1.165) is 12.0 Å². The summed E-state index contributed by atoms with van der Waals surface area (Å²) in [6.45, 7) is 8.34. The fourth-order valence-corrected chi connectivity index (χ4v) is 8.93. The minimum absolute atomic E-state index is 0.0446. The van der Waals surface area contributed by atoms with Crippen LogP contribution in [0.15, 0.2) is 73.1 Å². The molecule has 4 amide bonds. The van der Waals surface area contributed by atoms with Gasteiger partial charge in [0, 0.05) is 50.8 Å². The average molecular weight is 703 g/mol. The molecule has 3 aliphatic rings. The number of nitrogens with zero attached hydrogens (tertiary/aromatic N) is 4. The lowest BCUT2D eigenvalue weighted by Crippen LogP contribution is -2.66. The van der Waals surface area contributed by atoms with Crippen molar-refractivity contribution >= 4 is 33.5 Å². The van der Waals surface area contributed by atoms with Gasteiger partial charge in [-0.2, -0.15) is 5.10 Å². The van der Waals surface area contributed by atoms with Crippen LogP contribution in [0.3, 0.4) is 0 Å². The second-order valence-electron chi connectivity index (χ2n) is 15.4. The summed E-state index contributed by atoms with van der Waals surface area (Å²) in [7, 11) is -2.58. The van der Waals surface area contributed by atoms with E-state index in [0.29, 0.717) is 17.7 Å². The molecule has 3 atom stereocenters. The third-order valence-electron chi connectivity index (χ3n) is 10.9. The normalized spacial score (nSPS) is 21.3. The molecular weight excluding hydrogens is 657 g/mol. The lowest BCUT2D eigenvalue weighted by Gasteiger charge is -2.50. The first-order valence-corrected chi connectivity index (χ1v) is 18.6. The van der Waals surface area contributed by atoms with E-state index in [4.69, 9.17) is 0 Å². The van der Waals surface area contributed by atoms with E-state index in [-0.39, 0.29) is 55.1 Å². The van der Waals surface area contributed by atoms with Crippen LogP contribution in [-0.2, 0) is 36.5 Å². The van der Waals surface area contributed by atoms with E-state index in [1.807, 2.05) is 30.3 Å². The highest BCUT2D eigenvalue weighted by Gasteiger charge is 2.62. The molecule has 3 heterocycles. The van der Waals surface area contributed by atoms with Gasteiger partial charge >= 0.3 is 0 Å². The molecule has 3 fully saturated rings. The number of carbonyl (C=O) groups is 4. The molecule has 13 heteroatoms. The molecule has 0 unspecified atom stereocenters. The summed E-state index contributed by atoms with van der Waals surface area (Å²) in [5.41, 5.74) is 1.15. The minimum atomic E-state index is -3.97. The molecule has 1 spiro atoms. The molecule has 0 bridgehead atoms. The molecule has 3 aromatic rings. The molecule has 1 aliphatic carbocycles. The molecule has 2 saturated heterocycles. The van der Waals surface area contributed by atoms with E-state index in [1.54, 1.807) is 51.0 Å². The van der Waals surface area contributed by atoms with Crippen molar-refractivity contribution in [1.82, 2.24) is 30.2 Å². The van der Waals surface area contributed by atoms with Gasteiger partial charge in [0.25, 0.3) is 5.91 Å². The number of nitrogens with one attached hydrogen (secondary N) is 2. The minimum Gasteiger partial charge on any atom is -0.357 e. The smallest absolute Gasteiger partial charge is 0.257 e. The standard InChI is InChI=1S/C37H46N6O6S/c1-35(2)16-28(35)34(47)42-23-37(24-42)22-41(33(46)27-17-39-43(19-27)18-25-12-8-6-9-13-25)20-29(37)31(44)40-30(32(45)38-5)36(3,4)50(48,49)21-26-14-10-7-11-15-26/h6-15,17,19,28-30H,16,18,20-24H2,1-5H3,(H,38,45)(H,40,44)/t28-,29+,30-/m1/s1. The summed E-state index contributed by atoms with van der Waals surface area (Å²) >= 11 is 0. The maximum absolute atomic E-state index is 14.3. The topological polar surface area (TPSA) is 151 Å². The van der Waals surface area contributed by atoms with Crippen molar-refractivity contribution in [2.45, 2.75) is 57.2 Å². The average Bonchev–Trinajstić information content (AvgIpc) is 3.37. The van der Waals surface area contributed by atoms with Crippen LogP contribution in [0.25, 0.3) is 0 Å². The monoisotopic (exact) mass is 702 g/mol. The summed E-state index contributed by atoms with van der Waals surface area (Å²) in [6.07, 6.45) is 4.00. The maximum Gasteiger partial charge on any atom is 0.257 e. The Kier molecular flexibility index (Phi) is 9.17. The van der Waals surface area contributed by atoms with E-state index >= 15 is 0 Å². The van der Waals surface area contributed by atoms with Gasteiger partial charge in [0.05, 0.1) is 34.7 Å². The number of hydrogen-bond acceptors (Lipinski definition) is 7. The maximum atomic E-state index is 14.3. The predicted octanol–water partition coefficient (Wildman–Crippen LogP) is 2.50. The molecule has 2 aromatic carbocycles. The lowest BCUT2D eigenvalue weighted by molar-refractivity contribution is -0.152. The Balaban J connectivity index is 1.24. The Morgan fingerprint density at radius 1 is 0.920 bits per heavy atom. The van der Waals surface area contributed by atoms with Crippen molar-refractivity contribution in [2.75, 3.05) is 33.2 Å². The Hall–Kier alpha value is -4.52. The fraction of sp³-hybridized carbons (Fsp3) is 0.486. The van der Waals surface area contributed by atoms with Crippen LogP contribution in [0.5, 0.6) is 0 Å². The van der Waals surface area contributed by atoms with Gasteiger partial charge in [0.1, 0.15) is 6.04 Å². The second-order valence-corrected chi connectivity index (χ2v) is 17.9. The van der Waals surface area contributed by atoms with Gasteiger partial charge in [0.15, 0.2) is 9.84 Å². The van der Waals surface area contributed by atoms with E-state index in [2.05, 4.69) is 29.6 Å². The van der Waals surface area contributed by atoms with Crippen molar-refractivity contribution in [3.05, 3.63) is 89.7 Å². The second kappa shape index (κ2) is 13.0. The summed E-state index contributed by atoms with van der Waals surface area (Å²) in [4.78, 5) is 58.2. The van der Waals surface area contributed by atoms with E-state index < -0.39 is 43.8 Å². The summed E-state index contributed by atoms with van der Waals surface area (Å²) in [6, 6.07) is 17.0. The third-order valence-corrected chi connectivity index (χ3v) is 13.5. The summed E-state index contributed by atoms with van der Waals surface area (Å²) in [5.74, 6) is -2.60. The third kappa shape index (κ3) is 6.67. The van der Waals surface area contributed by atoms with Crippen molar-refractivity contribution in [1.29, 1.82) is 0 Å². The van der Waals surface area contributed by atoms with Crippen molar-refractivity contribution < 1.29 is 27.6 Å². The Bertz CT molecular complexity index is 1880. The Morgan fingerprint density at radius 3 is 2.08 bits per heavy atom.